The molecule has 3 heteroatoms. The van der Waals surface area contributed by atoms with Crippen LogP contribution < -0.4 is 0 Å². The monoisotopic (exact) mass is 327 g/mol. The molecule has 0 aliphatic heterocycles. The van der Waals surface area contributed by atoms with Gasteiger partial charge in [-0.05, 0) is 35.7 Å². The van der Waals surface area contributed by atoms with Gasteiger partial charge < -0.3 is 4.57 Å². The van der Waals surface area contributed by atoms with Crippen molar-refractivity contribution in [2.24, 2.45) is 0 Å². The summed E-state index contributed by atoms with van der Waals surface area (Å²) in [7, 11) is 0. The maximum atomic E-state index is 3.66. The number of benzene rings is 2. The zero-order valence-electron chi connectivity index (χ0n) is 10.0. The standard InChI is InChI=1S/C16H10BrNS/c17-14-10-11-6-8-18(12-4-2-1-3-5-12)15(11)16-13(14)7-9-19-16/h1-10H. The summed E-state index contributed by atoms with van der Waals surface area (Å²) >= 11 is 5.45. The van der Waals surface area contributed by atoms with Gasteiger partial charge in [0, 0.05) is 27.1 Å². The van der Waals surface area contributed by atoms with Crippen molar-refractivity contribution in [1.82, 2.24) is 4.57 Å². The molecule has 0 unspecified atom stereocenters. The van der Waals surface area contributed by atoms with E-state index in [2.05, 4.69) is 74.5 Å². The minimum absolute atomic E-state index is 1.17. The Balaban J connectivity index is 2.16. The molecule has 0 N–H and O–H groups in total. The first-order valence-electron chi connectivity index (χ1n) is 6.07. The minimum atomic E-state index is 1.17. The Kier molecular flexibility index (Phi) is 2.50. The van der Waals surface area contributed by atoms with E-state index in [4.69, 9.17) is 0 Å². The van der Waals surface area contributed by atoms with Gasteiger partial charge in [0.25, 0.3) is 0 Å². The summed E-state index contributed by atoms with van der Waals surface area (Å²) in [4.78, 5) is 0. The van der Waals surface area contributed by atoms with Crippen molar-refractivity contribution in [3.63, 3.8) is 0 Å². The summed E-state index contributed by atoms with van der Waals surface area (Å²) in [5.41, 5.74) is 2.49. The van der Waals surface area contributed by atoms with Crippen LogP contribution in [0.3, 0.4) is 0 Å². The molecule has 0 radical (unpaired) electrons. The van der Waals surface area contributed by atoms with Crippen LogP contribution in [0.2, 0.25) is 0 Å². The largest absolute Gasteiger partial charge is 0.315 e. The van der Waals surface area contributed by atoms with Crippen LogP contribution in [0.1, 0.15) is 0 Å². The maximum absolute atomic E-state index is 3.66. The van der Waals surface area contributed by atoms with Gasteiger partial charge in [-0.2, -0.15) is 0 Å². The van der Waals surface area contributed by atoms with Crippen LogP contribution in [0.15, 0.2) is 64.6 Å². The highest BCUT2D eigenvalue weighted by Gasteiger charge is 2.11. The molecule has 0 aliphatic rings. The average Bonchev–Trinajstić information content (AvgIpc) is 3.05. The summed E-state index contributed by atoms with van der Waals surface area (Å²) in [6.45, 7) is 0. The fraction of sp³-hybridized carbons (Fsp3) is 0. The molecule has 0 saturated heterocycles. The summed E-state index contributed by atoms with van der Waals surface area (Å²) in [5, 5.41) is 4.70. The van der Waals surface area contributed by atoms with Crippen LogP contribution in [0, 0.1) is 0 Å². The number of fused-ring (bicyclic) bond motifs is 3. The summed E-state index contributed by atoms with van der Waals surface area (Å²) in [6, 6.07) is 17.0. The van der Waals surface area contributed by atoms with Gasteiger partial charge in [-0.15, -0.1) is 11.3 Å². The Morgan fingerprint density at radius 2 is 1.84 bits per heavy atom. The molecular weight excluding hydrogens is 318 g/mol. The van der Waals surface area contributed by atoms with E-state index >= 15 is 0 Å². The van der Waals surface area contributed by atoms with Gasteiger partial charge in [0.1, 0.15) is 0 Å². The lowest BCUT2D eigenvalue weighted by Crippen LogP contribution is -1.90. The van der Waals surface area contributed by atoms with E-state index in [0.717, 1.165) is 0 Å². The van der Waals surface area contributed by atoms with Crippen molar-refractivity contribution >= 4 is 48.3 Å². The zero-order chi connectivity index (χ0) is 12.8. The minimum Gasteiger partial charge on any atom is -0.315 e. The molecule has 2 aromatic heterocycles. The van der Waals surface area contributed by atoms with E-state index in [1.807, 2.05) is 6.07 Å². The molecule has 2 aromatic carbocycles. The number of hydrogen-bond donors (Lipinski definition) is 0. The molecule has 92 valence electrons. The number of aromatic nitrogens is 1. The van der Waals surface area contributed by atoms with Gasteiger partial charge in [0.2, 0.25) is 0 Å². The quantitative estimate of drug-likeness (QED) is 0.428. The van der Waals surface area contributed by atoms with Crippen LogP contribution in [0.25, 0.3) is 26.7 Å². The highest BCUT2D eigenvalue weighted by Crippen LogP contribution is 2.36. The maximum Gasteiger partial charge on any atom is 0.0708 e. The second kappa shape index (κ2) is 4.22. The third-order valence-corrected chi connectivity index (χ3v) is 4.95. The molecule has 19 heavy (non-hydrogen) atoms. The topological polar surface area (TPSA) is 4.93 Å². The normalized spacial score (nSPS) is 11.4. The van der Waals surface area contributed by atoms with Gasteiger partial charge in [0.15, 0.2) is 0 Å². The number of halogens is 1. The predicted molar refractivity (Wildman–Crippen MR) is 86.4 cm³/mol. The predicted octanol–water partition coefficient (Wildman–Crippen LogP) is 5.61. The first-order valence-corrected chi connectivity index (χ1v) is 7.74. The lowest BCUT2D eigenvalue weighted by molar-refractivity contribution is 1.13. The van der Waals surface area contributed by atoms with Gasteiger partial charge in [-0.1, -0.05) is 34.1 Å². The summed E-state index contributed by atoms with van der Waals surface area (Å²) < 4.78 is 4.76. The molecule has 0 fully saturated rings. The van der Waals surface area contributed by atoms with Gasteiger partial charge >= 0.3 is 0 Å². The molecule has 0 aliphatic carbocycles. The Labute approximate surface area is 123 Å². The SMILES string of the molecule is Brc1cc2ccn(-c3ccccc3)c2c2sccc12. The first kappa shape index (κ1) is 11.3. The van der Waals surface area contributed by atoms with E-state index in [0.29, 0.717) is 0 Å². The molecule has 0 bridgehead atoms. The molecule has 0 amide bonds. The van der Waals surface area contributed by atoms with E-state index < -0.39 is 0 Å². The number of thiophene rings is 1. The summed E-state index contributed by atoms with van der Waals surface area (Å²) in [6.07, 6.45) is 2.14. The van der Waals surface area contributed by atoms with Crippen LogP contribution in [0.5, 0.6) is 0 Å². The van der Waals surface area contributed by atoms with Crippen LogP contribution in [-0.4, -0.2) is 4.57 Å². The molecule has 1 nitrogen and oxygen atoms in total. The second-order valence-corrected chi connectivity index (χ2v) is 6.25. The van der Waals surface area contributed by atoms with Crippen molar-refractivity contribution in [1.29, 1.82) is 0 Å². The highest BCUT2D eigenvalue weighted by molar-refractivity contribution is 9.10. The van der Waals surface area contributed by atoms with Crippen LogP contribution in [-0.2, 0) is 0 Å². The highest BCUT2D eigenvalue weighted by atomic mass is 79.9. The van der Waals surface area contributed by atoms with Crippen LogP contribution >= 0.6 is 27.3 Å². The smallest absolute Gasteiger partial charge is 0.0708 e. The number of nitrogens with zero attached hydrogens (tertiary/aromatic N) is 1. The molecule has 0 atom stereocenters. The van der Waals surface area contributed by atoms with E-state index in [9.17, 15) is 0 Å². The fourth-order valence-electron chi connectivity index (χ4n) is 2.50. The molecule has 0 saturated carbocycles. The van der Waals surface area contributed by atoms with Gasteiger partial charge in [-0.25, -0.2) is 0 Å². The van der Waals surface area contributed by atoms with Crippen molar-refractivity contribution in [3.8, 4) is 5.69 Å². The van der Waals surface area contributed by atoms with Crippen molar-refractivity contribution in [3.05, 3.63) is 64.6 Å². The molecular formula is C16H10BrNS. The third-order valence-electron chi connectivity index (χ3n) is 3.37. The van der Waals surface area contributed by atoms with Crippen LogP contribution in [0.4, 0.5) is 0 Å². The van der Waals surface area contributed by atoms with Gasteiger partial charge in [0.05, 0.1) is 10.2 Å². The Morgan fingerprint density at radius 3 is 2.68 bits per heavy atom. The Bertz CT molecular complexity index is 874. The van der Waals surface area contributed by atoms with Crippen molar-refractivity contribution in [2.45, 2.75) is 0 Å². The summed E-state index contributed by atoms with van der Waals surface area (Å²) in [5.74, 6) is 0. The lowest BCUT2D eigenvalue weighted by Gasteiger charge is -2.06. The Morgan fingerprint density at radius 1 is 1.00 bits per heavy atom. The van der Waals surface area contributed by atoms with E-state index in [1.165, 1.54) is 31.1 Å². The number of hydrogen-bond acceptors (Lipinski definition) is 1. The molecule has 0 spiro atoms. The number of rotatable bonds is 1. The zero-order valence-corrected chi connectivity index (χ0v) is 12.4. The lowest BCUT2D eigenvalue weighted by atomic mass is 10.2. The first-order chi connectivity index (χ1) is 9.34. The average molecular weight is 328 g/mol. The molecule has 4 rings (SSSR count). The van der Waals surface area contributed by atoms with Gasteiger partial charge in [-0.3, -0.25) is 0 Å². The van der Waals surface area contributed by atoms with E-state index in [-0.39, 0.29) is 0 Å². The number of para-hydroxylation sites is 1. The second-order valence-electron chi connectivity index (χ2n) is 4.48. The third kappa shape index (κ3) is 1.66. The van der Waals surface area contributed by atoms with Crippen molar-refractivity contribution in [2.75, 3.05) is 0 Å². The van der Waals surface area contributed by atoms with E-state index in [1.54, 1.807) is 11.3 Å². The molecule has 2 heterocycles. The molecule has 4 aromatic rings. The fourth-order valence-corrected chi connectivity index (χ4v) is 4.18. The Hall–Kier alpha value is -1.58. The van der Waals surface area contributed by atoms with Crippen molar-refractivity contribution < 1.29 is 0 Å².